The maximum Gasteiger partial charge on any atom is 0.417 e. The van der Waals surface area contributed by atoms with Crippen LogP contribution in [0.4, 0.5) is 4.79 Å². The van der Waals surface area contributed by atoms with Crippen LogP contribution in [0.3, 0.4) is 0 Å². The summed E-state index contributed by atoms with van der Waals surface area (Å²) in [6.07, 6.45) is -0.389. The quantitative estimate of drug-likeness (QED) is 0.793. The molecule has 0 aliphatic carbocycles. The zero-order valence-corrected chi connectivity index (χ0v) is 12.7. The molecule has 4 heteroatoms. The summed E-state index contributed by atoms with van der Waals surface area (Å²) < 4.78 is 5.39. The van der Waals surface area contributed by atoms with Gasteiger partial charge in [-0.05, 0) is 25.8 Å². The molecule has 0 spiro atoms. The average molecular weight is 287 g/mol. The maximum atomic E-state index is 12.5. The van der Waals surface area contributed by atoms with Crippen molar-refractivity contribution in [3.63, 3.8) is 0 Å². The van der Waals surface area contributed by atoms with Gasteiger partial charge in [0.1, 0.15) is 6.10 Å². The first-order chi connectivity index (χ1) is 9.91. The van der Waals surface area contributed by atoms with Gasteiger partial charge in [0, 0.05) is 5.92 Å². The van der Waals surface area contributed by atoms with Crippen molar-refractivity contribution in [3.05, 3.63) is 48.0 Å². The first-order valence-corrected chi connectivity index (χ1v) is 7.14. The van der Waals surface area contributed by atoms with Crippen LogP contribution >= 0.6 is 0 Å². The first kappa shape index (κ1) is 15.3. The Balaban J connectivity index is 2.17. The number of carbonyl (C=O) groups excluding carboxylic acids is 2. The summed E-state index contributed by atoms with van der Waals surface area (Å²) in [6, 6.07) is 9.19. The number of rotatable bonds is 4. The molecule has 1 heterocycles. The summed E-state index contributed by atoms with van der Waals surface area (Å²) in [5, 5.41) is 0. The topological polar surface area (TPSA) is 46.6 Å². The van der Waals surface area contributed by atoms with Gasteiger partial charge in [0.2, 0.25) is 5.91 Å². The molecular formula is C17H21NO3. The second kappa shape index (κ2) is 6.12. The normalized spacial score (nSPS) is 22.8. The van der Waals surface area contributed by atoms with Crippen LogP contribution in [0.5, 0.6) is 0 Å². The molecule has 2 amide bonds. The summed E-state index contributed by atoms with van der Waals surface area (Å²) >= 11 is 0. The van der Waals surface area contributed by atoms with E-state index in [1.54, 1.807) is 0 Å². The van der Waals surface area contributed by atoms with E-state index in [-0.39, 0.29) is 17.9 Å². The van der Waals surface area contributed by atoms with Gasteiger partial charge in [-0.25, -0.2) is 9.69 Å². The highest BCUT2D eigenvalue weighted by Gasteiger charge is 2.44. The highest BCUT2D eigenvalue weighted by Crippen LogP contribution is 2.33. The van der Waals surface area contributed by atoms with Crippen LogP contribution in [0.1, 0.15) is 38.9 Å². The molecule has 1 aromatic carbocycles. The molecular weight excluding hydrogens is 266 g/mol. The third-order valence-corrected chi connectivity index (χ3v) is 3.71. The van der Waals surface area contributed by atoms with Gasteiger partial charge in [0.05, 0.1) is 6.04 Å². The van der Waals surface area contributed by atoms with Gasteiger partial charge in [-0.1, -0.05) is 42.8 Å². The van der Waals surface area contributed by atoms with E-state index in [2.05, 4.69) is 6.58 Å². The van der Waals surface area contributed by atoms with Crippen molar-refractivity contribution >= 4 is 12.0 Å². The smallest absolute Gasteiger partial charge is 0.417 e. The van der Waals surface area contributed by atoms with E-state index in [0.717, 1.165) is 11.1 Å². The van der Waals surface area contributed by atoms with Gasteiger partial charge in [-0.2, -0.15) is 0 Å². The summed E-state index contributed by atoms with van der Waals surface area (Å²) in [5.74, 6) is -0.471. The molecule has 2 rings (SSSR count). The number of cyclic esters (lactones) is 1. The standard InChI is InChI=1S/C17H21NO3/c1-11(2)10-12(3)16(19)18-13(4)15(21-17(18)20)14-8-6-5-7-9-14/h5-9,12-13,15H,1,10H2,2-4H3/t12-,13+,15+/m0/s1. The third-order valence-electron chi connectivity index (χ3n) is 3.71. The number of carbonyl (C=O) groups is 2. The molecule has 112 valence electrons. The van der Waals surface area contributed by atoms with Crippen LogP contribution < -0.4 is 0 Å². The number of nitrogens with zero attached hydrogens (tertiary/aromatic N) is 1. The van der Waals surface area contributed by atoms with E-state index in [1.807, 2.05) is 51.1 Å². The Morgan fingerprint density at radius 2 is 2.00 bits per heavy atom. The molecule has 1 aliphatic heterocycles. The molecule has 0 saturated carbocycles. The molecule has 0 unspecified atom stereocenters. The van der Waals surface area contributed by atoms with Gasteiger partial charge < -0.3 is 4.74 Å². The molecule has 1 aliphatic rings. The lowest BCUT2D eigenvalue weighted by atomic mass is 9.99. The van der Waals surface area contributed by atoms with Crippen LogP contribution in [0.25, 0.3) is 0 Å². The monoisotopic (exact) mass is 287 g/mol. The SMILES string of the molecule is C=C(C)C[C@H](C)C(=O)N1C(=O)O[C@@H](c2ccccc2)[C@H]1C. The molecule has 0 bridgehead atoms. The number of hydrogen-bond acceptors (Lipinski definition) is 3. The first-order valence-electron chi connectivity index (χ1n) is 7.14. The zero-order chi connectivity index (χ0) is 15.6. The lowest BCUT2D eigenvalue weighted by Gasteiger charge is -2.22. The number of imide groups is 1. The lowest BCUT2D eigenvalue weighted by Crippen LogP contribution is -2.41. The van der Waals surface area contributed by atoms with Crippen LogP contribution in [0.2, 0.25) is 0 Å². The molecule has 0 N–H and O–H groups in total. The summed E-state index contributed by atoms with van der Waals surface area (Å²) in [7, 11) is 0. The Labute approximate surface area is 125 Å². The highest BCUT2D eigenvalue weighted by atomic mass is 16.6. The lowest BCUT2D eigenvalue weighted by molar-refractivity contribution is -0.132. The van der Waals surface area contributed by atoms with Crippen molar-refractivity contribution in [2.45, 2.75) is 39.3 Å². The minimum absolute atomic E-state index is 0.200. The minimum Gasteiger partial charge on any atom is -0.439 e. The largest absolute Gasteiger partial charge is 0.439 e. The van der Waals surface area contributed by atoms with E-state index in [9.17, 15) is 9.59 Å². The van der Waals surface area contributed by atoms with E-state index in [1.165, 1.54) is 4.90 Å². The average Bonchev–Trinajstić information content (AvgIpc) is 2.73. The van der Waals surface area contributed by atoms with Gasteiger partial charge in [0.15, 0.2) is 0 Å². The Hall–Kier alpha value is -2.10. The number of benzene rings is 1. The van der Waals surface area contributed by atoms with Crippen LogP contribution in [0.15, 0.2) is 42.5 Å². The Morgan fingerprint density at radius 3 is 2.57 bits per heavy atom. The summed E-state index contributed by atoms with van der Waals surface area (Å²) in [6.45, 7) is 9.35. The summed E-state index contributed by atoms with van der Waals surface area (Å²) in [5.41, 5.74) is 1.83. The van der Waals surface area contributed by atoms with Gasteiger partial charge in [-0.15, -0.1) is 6.58 Å². The van der Waals surface area contributed by atoms with Crippen molar-refractivity contribution < 1.29 is 14.3 Å². The zero-order valence-electron chi connectivity index (χ0n) is 12.7. The number of ether oxygens (including phenoxy) is 1. The van der Waals surface area contributed by atoms with Gasteiger partial charge in [-0.3, -0.25) is 4.79 Å². The molecule has 0 radical (unpaired) electrons. The molecule has 21 heavy (non-hydrogen) atoms. The second-order valence-corrected chi connectivity index (χ2v) is 5.73. The predicted octanol–water partition coefficient (Wildman–Crippen LogP) is 3.70. The number of hydrogen-bond donors (Lipinski definition) is 0. The third kappa shape index (κ3) is 3.15. The van der Waals surface area contributed by atoms with Crippen molar-refractivity contribution in [3.8, 4) is 0 Å². The molecule has 1 aromatic rings. The maximum absolute atomic E-state index is 12.5. The van der Waals surface area contributed by atoms with Crippen LogP contribution in [0, 0.1) is 5.92 Å². The molecule has 4 nitrogen and oxygen atoms in total. The highest BCUT2D eigenvalue weighted by molar-refractivity contribution is 5.95. The summed E-state index contributed by atoms with van der Waals surface area (Å²) in [4.78, 5) is 25.8. The van der Waals surface area contributed by atoms with Gasteiger partial charge >= 0.3 is 6.09 Å². The Bertz CT molecular complexity index is 552. The van der Waals surface area contributed by atoms with E-state index < -0.39 is 12.2 Å². The van der Waals surface area contributed by atoms with Gasteiger partial charge in [0.25, 0.3) is 0 Å². The molecule has 3 atom stereocenters. The Kier molecular flexibility index (Phi) is 4.46. The minimum atomic E-state index is -0.560. The van der Waals surface area contributed by atoms with Crippen LogP contribution in [-0.4, -0.2) is 22.9 Å². The molecule has 0 aromatic heterocycles. The van der Waals surface area contributed by atoms with Crippen molar-refractivity contribution in [2.24, 2.45) is 5.92 Å². The van der Waals surface area contributed by atoms with Crippen molar-refractivity contribution in [1.82, 2.24) is 4.90 Å². The van der Waals surface area contributed by atoms with E-state index in [4.69, 9.17) is 4.74 Å². The van der Waals surface area contributed by atoms with Crippen molar-refractivity contribution in [2.75, 3.05) is 0 Å². The fourth-order valence-corrected chi connectivity index (χ4v) is 2.69. The Morgan fingerprint density at radius 1 is 1.38 bits per heavy atom. The van der Waals surface area contributed by atoms with E-state index >= 15 is 0 Å². The number of amides is 2. The molecule has 1 fully saturated rings. The van der Waals surface area contributed by atoms with E-state index in [0.29, 0.717) is 6.42 Å². The second-order valence-electron chi connectivity index (χ2n) is 5.73. The predicted molar refractivity (Wildman–Crippen MR) is 80.6 cm³/mol. The number of allylic oxidation sites excluding steroid dienone is 1. The molecule has 1 saturated heterocycles. The van der Waals surface area contributed by atoms with Crippen molar-refractivity contribution in [1.29, 1.82) is 0 Å². The van der Waals surface area contributed by atoms with Crippen LogP contribution in [-0.2, 0) is 9.53 Å². The fraction of sp³-hybridized carbons (Fsp3) is 0.412. The fourth-order valence-electron chi connectivity index (χ4n) is 2.69.